The summed E-state index contributed by atoms with van der Waals surface area (Å²) in [6.07, 6.45) is 3.74. The van der Waals surface area contributed by atoms with Gasteiger partial charge in [-0.3, -0.25) is 4.98 Å². The summed E-state index contributed by atoms with van der Waals surface area (Å²) in [5.74, 6) is 0. The molecule has 0 atom stereocenters. The molecule has 0 unspecified atom stereocenters. The van der Waals surface area contributed by atoms with Gasteiger partial charge in [-0.2, -0.15) is 0 Å². The Bertz CT molecular complexity index is 1920. The maximum absolute atomic E-state index is 6.44. The molecule has 0 fully saturated rings. The highest BCUT2D eigenvalue weighted by molar-refractivity contribution is 6.09. The molecule has 0 amide bonds. The van der Waals surface area contributed by atoms with Gasteiger partial charge in [0.15, 0.2) is 5.58 Å². The lowest BCUT2D eigenvalue weighted by atomic mass is 9.99. The topological polar surface area (TPSA) is 41.3 Å². The minimum atomic E-state index is 0.728. The fourth-order valence-electron chi connectivity index (χ4n) is 5.50. The van der Waals surface area contributed by atoms with E-state index in [1.54, 1.807) is 0 Å². The van der Waals surface area contributed by atoms with E-state index in [0.29, 0.717) is 0 Å². The quantitative estimate of drug-likeness (QED) is 0.222. The summed E-state index contributed by atoms with van der Waals surface area (Å²) >= 11 is 0. The molecule has 4 nitrogen and oxygen atoms in total. The highest BCUT2D eigenvalue weighted by Crippen LogP contribution is 2.38. The van der Waals surface area contributed by atoms with Gasteiger partial charge in [0.25, 0.3) is 0 Å². The first-order valence-corrected chi connectivity index (χ1v) is 13.8. The van der Waals surface area contributed by atoms with E-state index >= 15 is 0 Å². The second kappa shape index (κ2) is 10.7. The first-order valence-electron chi connectivity index (χ1n) is 13.8. The van der Waals surface area contributed by atoms with Crippen LogP contribution in [0.2, 0.25) is 0 Å². The van der Waals surface area contributed by atoms with Crippen LogP contribution >= 0.6 is 0 Å². The van der Waals surface area contributed by atoms with Crippen LogP contribution in [0.15, 0.2) is 144 Å². The van der Waals surface area contributed by atoms with Gasteiger partial charge in [0.1, 0.15) is 11.3 Å². The van der Waals surface area contributed by atoms with E-state index < -0.39 is 0 Å². The number of fused-ring (bicyclic) bond motifs is 3. The summed E-state index contributed by atoms with van der Waals surface area (Å²) in [7, 11) is 0. The summed E-state index contributed by atoms with van der Waals surface area (Å²) in [6, 6.07) is 44.3. The SMILES string of the molecule is Cc1ccccc1-c1ccccc1Nc1cncc2c1oc1ccc(CN(c3ccccc3)c3ccccc3)cc12. The second-order valence-corrected chi connectivity index (χ2v) is 10.2. The number of furan rings is 1. The zero-order valence-electron chi connectivity index (χ0n) is 22.8. The monoisotopic (exact) mass is 531 g/mol. The van der Waals surface area contributed by atoms with Crippen molar-refractivity contribution in [2.24, 2.45) is 0 Å². The molecule has 41 heavy (non-hydrogen) atoms. The molecule has 2 heterocycles. The van der Waals surface area contributed by atoms with Crippen LogP contribution in [0.5, 0.6) is 0 Å². The second-order valence-electron chi connectivity index (χ2n) is 10.2. The van der Waals surface area contributed by atoms with Crippen LogP contribution in [0.4, 0.5) is 22.7 Å². The minimum absolute atomic E-state index is 0.728. The van der Waals surface area contributed by atoms with Crippen molar-refractivity contribution in [3.63, 3.8) is 0 Å². The van der Waals surface area contributed by atoms with Crippen LogP contribution in [-0.2, 0) is 6.54 Å². The van der Waals surface area contributed by atoms with Crippen molar-refractivity contribution in [3.8, 4) is 11.1 Å². The lowest BCUT2D eigenvalue weighted by Crippen LogP contribution is -2.16. The van der Waals surface area contributed by atoms with Gasteiger partial charge in [-0.05, 0) is 66.1 Å². The van der Waals surface area contributed by atoms with E-state index in [-0.39, 0.29) is 0 Å². The third-order valence-electron chi connectivity index (χ3n) is 7.55. The number of nitrogens with zero attached hydrogens (tertiary/aromatic N) is 2. The molecule has 7 rings (SSSR count). The number of benzene rings is 5. The van der Waals surface area contributed by atoms with Crippen molar-refractivity contribution in [2.45, 2.75) is 13.5 Å². The van der Waals surface area contributed by atoms with Crippen LogP contribution < -0.4 is 10.2 Å². The number of anilines is 4. The van der Waals surface area contributed by atoms with E-state index in [1.807, 2.05) is 30.6 Å². The molecule has 0 aliphatic rings. The van der Waals surface area contributed by atoms with Crippen LogP contribution in [0.25, 0.3) is 33.1 Å². The molecule has 0 radical (unpaired) electrons. The minimum Gasteiger partial charge on any atom is -0.454 e. The average Bonchev–Trinajstić information content (AvgIpc) is 3.40. The highest BCUT2D eigenvalue weighted by Gasteiger charge is 2.16. The number of nitrogens with one attached hydrogen (secondary N) is 1. The molecule has 0 bridgehead atoms. The normalized spacial score (nSPS) is 11.1. The molecule has 1 N–H and O–H groups in total. The number of hydrogen-bond acceptors (Lipinski definition) is 4. The van der Waals surface area contributed by atoms with Crippen molar-refractivity contribution in [1.82, 2.24) is 4.98 Å². The van der Waals surface area contributed by atoms with Gasteiger partial charge in [-0.15, -0.1) is 0 Å². The predicted octanol–water partition coefficient (Wildman–Crippen LogP) is 10.0. The Balaban J connectivity index is 1.27. The molecule has 0 spiro atoms. The van der Waals surface area contributed by atoms with Gasteiger partial charge in [0.05, 0.1) is 6.20 Å². The van der Waals surface area contributed by atoms with Crippen LogP contribution in [0, 0.1) is 6.92 Å². The molecule has 7 aromatic rings. The molecular formula is C37H29N3O. The lowest BCUT2D eigenvalue weighted by Gasteiger charge is -2.25. The van der Waals surface area contributed by atoms with Crippen LogP contribution in [0.3, 0.4) is 0 Å². The number of hydrogen-bond donors (Lipinski definition) is 1. The van der Waals surface area contributed by atoms with Crippen LogP contribution in [0.1, 0.15) is 11.1 Å². The van der Waals surface area contributed by atoms with Crippen molar-refractivity contribution in [1.29, 1.82) is 0 Å². The average molecular weight is 532 g/mol. The Morgan fingerprint density at radius 3 is 2.02 bits per heavy atom. The number of pyridine rings is 1. The fraction of sp³-hybridized carbons (Fsp3) is 0.0541. The standard InChI is InChI=1S/C37H29N3O/c1-26-12-8-9-17-30(26)31-18-10-11-19-34(31)39-35-24-38-23-33-32-22-27(20-21-36(32)41-37(33)35)25-40(28-13-4-2-5-14-28)29-15-6-3-7-16-29/h2-24,39H,25H2,1H3. The zero-order valence-corrected chi connectivity index (χ0v) is 22.8. The first-order chi connectivity index (χ1) is 20.2. The zero-order chi connectivity index (χ0) is 27.6. The molecule has 2 aromatic heterocycles. The van der Waals surface area contributed by atoms with Crippen molar-refractivity contribution < 1.29 is 4.42 Å². The van der Waals surface area contributed by atoms with Gasteiger partial charge in [-0.25, -0.2) is 0 Å². The van der Waals surface area contributed by atoms with Crippen LogP contribution in [-0.4, -0.2) is 4.98 Å². The molecule has 0 saturated heterocycles. The molecule has 0 aliphatic carbocycles. The van der Waals surface area contributed by atoms with E-state index in [2.05, 4.69) is 131 Å². The molecular weight excluding hydrogens is 502 g/mol. The Morgan fingerprint density at radius 1 is 0.634 bits per heavy atom. The molecule has 4 heteroatoms. The predicted molar refractivity (Wildman–Crippen MR) is 170 cm³/mol. The molecule has 198 valence electrons. The number of para-hydroxylation sites is 3. The largest absolute Gasteiger partial charge is 0.454 e. The number of aromatic nitrogens is 1. The molecule has 0 aliphatic heterocycles. The van der Waals surface area contributed by atoms with Crippen molar-refractivity contribution in [3.05, 3.63) is 151 Å². The third kappa shape index (κ3) is 4.81. The Labute approximate surface area is 239 Å². The summed E-state index contributed by atoms with van der Waals surface area (Å²) in [5, 5.41) is 5.68. The first kappa shape index (κ1) is 24.7. The van der Waals surface area contributed by atoms with E-state index in [0.717, 1.165) is 56.8 Å². The maximum Gasteiger partial charge on any atom is 0.161 e. The molecule has 0 saturated carbocycles. The van der Waals surface area contributed by atoms with Crippen molar-refractivity contribution >= 4 is 44.7 Å². The lowest BCUT2D eigenvalue weighted by molar-refractivity contribution is 0.669. The van der Waals surface area contributed by atoms with E-state index in [4.69, 9.17) is 4.42 Å². The Hall–Kier alpha value is -5.35. The summed E-state index contributed by atoms with van der Waals surface area (Å²) in [5.41, 5.74) is 10.6. The van der Waals surface area contributed by atoms with Gasteiger partial charge in [-0.1, -0.05) is 84.9 Å². The smallest absolute Gasteiger partial charge is 0.161 e. The fourth-order valence-corrected chi connectivity index (χ4v) is 5.50. The number of aryl methyl sites for hydroxylation is 1. The highest BCUT2D eigenvalue weighted by atomic mass is 16.3. The summed E-state index contributed by atoms with van der Waals surface area (Å²) in [4.78, 5) is 6.93. The Kier molecular flexibility index (Phi) is 6.42. The van der Waals surface area contributed by atoms with Gasteiger partial charge in [0, 0.05) is 46.1 Å². The van der Waals surface area contributed by atoms with Gasteiger partial charge < -0.3 is 14.6 Å². The summed E-state index contributed by atoms with van der Waals surface area (Å²) in [6.45, 7) is 2.87. The molecule has 5 aromatic carbocycles. The van der Waals surface area contributed by atoms with Gasteiger partial charge >= 0.3 is 0 Å². The van der Waals surface area contributed by atoms with Crippen molar-refractivity contribution in [2.75, 3.05) is 10.2 Å². The number of rotatable bonds is 7. The van der Waals surface area contributed by atoms with E-state index in [9.17, 15) is 0 Å². The van der Waals surface area contributed by atoms with Gasteiger partial charge in [0.2, 0.25) is 0 Å². The van der Waals surface area contributed by atoms with E-state index in [1.165, 1.54) is 16.7 Å². The maximum atomic E-state index is 6.44. The Morgan fingerprint density at radius 2 is 1.29 bits per heavy atom. The third-order valence-corrected chi connectivity index (χ3v) is 7.55. The summed E-state index contributed by atoms with van der Waals surface area (Å²) < 4.78 is 6.44.